The summed E-state index contributed by atoms with van der Waals surface area (Å²) in [5, 5.41) is 23.2. The lowest BCUT2D eigenvalue weighted by Gasteiger charge is -2.29. The number of rotatable bonds is 16. The van der Waals surface area contributed by atoms with Gasteiger partial charge in [0.05, 0.1) is 11.0 Å². The molecule has 0 radical (unpaired) electrons. The smallest absolute Gasteiger partial charge is 0.303 e. The van der Waals surface area contributed by atoms with Crippen LogP contribution in [0.15, 0.2) is 77.7 Å². The van der Waals surface area contributed by atoms with Crippen LogP contribution in [0.5, 0.6) is 0 Å². The normalized spacial score (nSPS) is 12.9. The van der Waals surface area contributed by atoms with E-state index in [1.54, 1.807) is 12.1 Å². The number of β-amino-alcohol motifs (C(OH)–C–C–N with tert-alkyl or cyclic N) is 1. The van der Waals surface area contributed by atoms with Gasteiger partial charge < -0.3 is 15.5 Å². The lowest BCUT2D eigenvalue weighted by atomic mass is 9.95. The van der Waals surface area contributed by atoms with Gasteiger partial charge in [0.15, 0.2) is 0 Å². The fourth-order valence-corrected chi connectivity index (χ4v) is 6.50. The minimum atomic E-state index is -3.84. The van der Waals surface area contributed by atoms with Crippen molar-refractivity contribution in [3.63, 3.8) is 0 Å². The Bertz CT molecular complexity index is 1390. The van der Waals surface area contributed by atoms with E-state index < -0.39 is 22.1 Å². The molecule has 0 amide bonds. The van der Waals surface area contributed by atoms with Gasteiger partial charge in [0.2, 0.25) is 10.0 Å². The number of aliphatic hydroxyl groups is 1. The van der Waals surface area contributed by atoms with Crippen molar-refractivity contribution < 1.29 is 23.4 Å². The summed E-state index contributed by atoms with van der Waals surface area (Å²) in [6, 6.07) is 23.2. The minimum absolute atomic E-state index is 0.0248. The Kier molecular flexibility index (Phi) is 11.7. The highest BCUT2D eigenvalue weighted by atomic mass is 32.2. The number of nitrogens with one attached hydrogen (secondary N) is 1. The molecule has 3 aromatic rings. The molecular weight excluding hydrogens is 536 g/mol. The van der Waals surface area contributed by atoms with Crippen molar-refractivity contribution in [1.82, 2.24) is 9.62 Å². The van der Waals surface area contributed by atoms with E-state index >= 15 is 0 Å². The summed E-state index contributed by atoms with van der Waals surface area (Å²) in [5.74, 6) is -0.859. The highest BCUT2D eigenvalue weighted by Crippen LogP contribution is 2.30. The van der Waals surface area contributed by atoms with Crippen LogP contribution in [0.4, 0.5) is 0 Å². The maximum atomic E-state index is 13.5. The third kappa shape index (κ3) is 9.50. The molecule has 0 unspecified atom stereocenters. The number of aryl methyl sites for hydroxylation is 3. The molecule has 0 aromatic heterocycles. The van der Waals surface area contributed by atoms with Gasteiger partial charge in [0.25, 0.3) is 0 Å². The molecule has 222 valence electrons. The van der Waals surface area contributed by atoms with Crippen LogP contribution in [0, 0.1) is 0 Å². The first-order chi connectivity index (χ1) is 19.4. The van der Waals surface area contributed by atoms with Crippen molar-refractivity contribution in [1.29, 1.82) is 0 Å². The van der Waals surface area contributed by atoms with E-state index in [1.807, 2.05) is 55.5 Å². The van der Waals surface area contributed by atoms with E-state index in [0.29, 0.717) is 18.4 Å². The fraction of sp³-hybridized carbons (Fsp3) is 0.424. The number of likely N-dealkylation sites (N-methyl/N-ethyl adjacent to an activating group) is 1. The van der Waals surface area contributed by atoms with Crippen LogP contribution in [0.25, 0.3) is 11.1 Å². The van der Waals surface area contributed by atoms with Gasteiger partial charge in [-0.1, -0.05) is 67.6 Å². The van der Waals surface area contributed by atoms with Crippen LogP contribution in [0.2, 0.25) is 0 Å². The minimum Gasteiger partial charge on any atom is -0.481 e. The summed E-state index contributed by atoms with van der Waals surface area (Å²) in [4.78, 5) is 11.3. The summed E-state index contributed by atoms with van der Waals surface area (Å²) in [7, 11) is -2.34. The number of carboxylic acid groups (broad SMARTS) is 1. The zero-order chi connectivity index (χ0) is 30.0. The first kappa shape index (κ1) is 32.5. The first-order valence-electron chi connectivity index (χ1n) is 14.3. The molecule has 3 rings (SSSR count). The van der Waals surface area contributed by atoms with Gasteiger partial charge in [0, 0.05) is 32.1 Å². The molecule has 0 heterocycles. The molecule has 0 saturated heterocycles. The lowest BCUT2D eigenvalue weighted by Crippen LogP contribution is -2.46. The molecule has 0 fully saturated rings. The summed E-state index contributed by atoms with van der Waals surface area (Å²) >= 11 is 0. The molecule has 0 aliphatic carbocycles. The summed E-state index contributed by atoms with van der Waals surface area (Å²) in [5.41, 5.74) is 4.44. The van der Waals surface area contributed by atoms with Crippen LogP contribution in [0.1, 0.15) is 56.7 Å². The number of benzene rings is 3. The van der Waals surface area contributed by atoms with E-state index in [2.05, 4.69) is 31.3 Å². The molecule has 8 heteroatoms. The maximum Gasteiger partial charge on any atom is 0.303 e. The SMILES string of the molecule is CCc1cc(-c2ccccc2CCC(=O)O)ccc1S(=O)(=O)N(C)C[C@H](O)CNC(C)(C)CCCc1ccccc1. The Morgan fingerprint density at radius 2 is 1.66 bits per heavy atom. The molecule has 0 aliphatic rings. The van der Waals surface area contributed by atoms with Gasteiger partial charge in [-0.05, 0) is 85.9 Å². The van der Waals surface area contributed by atoms with Gasteiger partial charge in [-0.15, -0.1) is 0 Å². The molecule has 0 bridgehead atoms. The Balaban J connectivity index is 1.63. The molecule has 0 aliphatic heterocycles. The zero-order valence-corrected chi connectivity index (χ0v) is 25.5. The van der Waals surface area contributed by atoms with Crippen molar-refractivity contribution in [3.8, 4) is 11.1 Å². The molecule has 3 N–H and O–H groups in total. The van der Waals surface area contributed by atoms with E-state index in [-0.39, 0.29) is 29.9 Å². The van der Waals surface area contributed by atoms with Gasteiger partial charge in [-0.25, -0.2) is 8.42 Å². The van der Waals surface area contributed by atoms with Crippen molar-refractivity contribution in [2.75, 3.05) is 20.1 Å². The van der Waals surface area contributed by atoms with Crippen LogP contribution in [-0.2, 0) is 34.1 Å². The second-order valence-electron chi connectivity index (χ2n) is 11.3. The number of aliphatic hydroxyl groups excluding tert-OH is 1. The van der Waals surface area contributed by atoms with Crippen molar-refractivity contribution in [2.45, 2.75) is 75.8 Å². The number of carboxylic acids is 1. The molecule has 3 aromatic carbocycles. The second kappa shape index (κ2) is 14.7. The fourth-order valence-electron chi connectivity index (χ4n) is 5.03. The highest BCUT2D eigenvalue weighted by molar-refractivity contribution is 7.89. The summed E-state index contributed by atoms with van der Waals surface area (Å²) in [6.07, 6.45) is 2.98. The van der Waals surface area contributed by atoms with E-state index in [1.165, 1.54) is 16.9 Å². The van der Waals surface area contributed by atoms with Crippen molar-refractivity contribution in [3.05, 3.63) is 89.5 Å². The topological polar surface area (TPSA) is 107 Å². The van der Waals surface area contributed by atoms with Crippen molar-refractivity contribution in [2.24, 2.45) is 0 Å². The number of hydrogen-bond acceptors (Lipinski definition) is 5. The van der Waals surface area contributed by atoms with Crippen LogP contribution >= 0.6 is 0 Å². The van der Waals surface area contributed by atoms with E-state index in [4.69, 9.17) is 5.11 Å². The van der Waals surface area contributed by atoms with Crippen molar-refractivity contribution >= 4 is 16.0 Å². The molecule has 1 atom stereocenters. The molecule has 0 spiro atoms. The molecule has 7 nitrogen and oxygen atoms in total. The number of hydrogen-bond donors (Lipinski definition) is 3. The molecule has 0 saturated carbocycles. The third-order valence-corrected chi connectivity index (χ3v) is 9.38. The number of sulfonamides is 1. The van der Waals surface area contributed by atoms with Crippen LogP contribution in [-0.4, -0.2) is 60.7 Å². The molecule has 41 heavy (non-hydrogen) atoms. The zero-order valence-electron chi connectivity index (χ0n) is 24.6. The number of aliphatic carboxylic acids is 1. The van der Waals surface area contributed by atoms with E-state index in [9.17, 15) is 18.3 Å². The predicted molar refractivity (Wildman–Crippen MR) is 164 cm³/mol. The van der Waals surface area contributed by atoms with Gasteiger partial charge in [-0.2, -0.15) is 4.31 Å². The largest absolute Gasteiger partial charge is 0.481 e. The Hall–Kier alpha value is -3.04. The number of carbonyl (C=O) groups is 1. The summed E-state index contributed by atoms with van der Waals surface area (Å²) < 4.78 is 28.3. The predicted octanol–water partition coefficient (Wildman–Crippen LogP) is 5.31. The second-order valence-corrected chi connectivity index (χ2v) is 13.3. The van der Waals surface area contributed by atoms with Gasteiger partial charge in [0.1, 0.15) is 0 Å². The Morgan fingerprint density at radius 3 is 2.34 bits per heavy atom. The Morgan fingerprint density at radius 1 is 0.976 bits per heavy atom. The molecular formula is C33H44N2O5S. The monoisotopic (exact) mass is 580 g/mol. The number of nitrogens with zero attached hydrogens (tertiary/aromatic N) is 1. The Labute approximate surface area is 245 Å². The van der Waals surface area contributed by atoms with Crippen LogP contribution < -0.4 is 5.32 Å². The third-order valence-electron chi connectivity index (χ3n) is 7.46. The average molecular weight is 581 g/mol. The highest BCUT2D eigenvalue weighted by Gasteiger charge is 2.27. The summed E-state index contributed by atoms with van der Waals surface area (Å²) in [6.45, 7) is 6.36. The van der Waals surface area contributed by atoms with Crippen LogP contribution in [0.3, 0.4) is 0 Å². The lowest BCUT2D eigenvalue weighted by molar-refractivity contribution is -0.136. The maximum absolute atomic E-state index is 13.5. The van der Waals surface area contributed by atoms with Gasteiger partial charge in [-0.3, -0.25) is 4.79 Å². The van der Waals surface area contributed by atoms with Gasteiger partial charge >= 0.3 is 5.97 Å². The first-order valence-corrected chi connectivity index (χ1v) is 15.7. The standard InChI is InChI=1S/C33H44N2O5S/c1-5-26-22-28(30-16-10-9-15-27(30)18-20-32(37)38)17-19-31(26)41(39,40)35(4)24-29(36)23-34-33(2,3)21-11-14-25-12-7-6-8-13-25/h6-10,12-13,15-17,19,22,29,34,36H,5,11,14,18,20-21,23-24H2,1-4H3,(H,37,38)/t29-/m1/s1. The van der Waals surface area contributed by atoms with E-state index in [0.717, 1.165) is 36.0 Å². The average Bonchev–Trinajstić information content (AvgIpc) is 2.95. The quantitative estimate of drug-likeness (QED) is 0.212.